The van der Waals surface area contributed by atoms with Gasteiger partial charge in [0.25, 0.3) is 0 Å². The molecule has 0 aromatic heterocycles. The lowest BCUT2D eigenvalue weighted by Crippen LogP contribution is -2.48. The third-order valence-electron chi connectivity index (χ3n) is 3.96. The number of rotatable bonds is 7. The van der Waals surface area contributed by atoms with Gasteiger partial charge in [0, 0.05) is 6.04 Å². The average Bonchev–Trinajstić information content (AvgIpc) is 2.42. The maximum Gasteiger partial charge on any atom is 0.237 e. The van der Waals surface area contributed by atoms with Gasteiger partial charge in [-0.15, -0.1) is 0 Å². The molecular formula is C14H28N2OS. The van der Waals surface area contributed by atoms with Crippen molar-refractivity contribution in [2.24, 2.45) is 11.7 Å². The van der Waals surface area contributed by atoms with Crippen molar-refractivity contribution >= 4 is 17.7 Å². The van der Waals surface area contributed by atoms with Gasteiger partial charge in [-0.25, -0.2) is 0 Å². The highest BCUT2D eigenvalue weighted by Crippen LogP contribution is 2.27. The molecule has 1 aliphatic carbocycles. The number of hydrogen-bond donors (Lipinski definition) is 2. The second-order valence-corrected chi connectivity index (χ2v) is 6.29. The molecule has 0 aromatic rings. The monoisotopic (exact) mass is 272 g/mol. The third-order valence-corrected chi connectivity index (χ3v) is 4.60. The zero-order valence-corrected chi connectivity index (χ0v) is 12.6. The molecule has 1 rings (SSSR count). The van der Waals surface area contributed by atoms with Gasteiger partial charge in [0.15, 0.2) is 0 Å². The van der Waals surface area contributed by atoms with E-state index in [-0.39, 0.29) is 11.9 Å². The summed E-state index contributed by atoms with van der Waals surface area (Å²) in [5.74, 6) is 1.66. The van der Waals surface area contributed by atoms with Crippen LogP contribution in [0.3, 0.4) is 0 Å². The van der Waals surface area contributed by atoms with E-state index in [1.54, 1.807) is 11.8 Å². The smallest absolute Gasteiger partial charge is 0.237 e. The van der Waals surface area contributed by atoms with E-state index in [9.17, 15) is 4.79 Å². The molecule has 2 atom stereocenters. The van der Waals surface area contributed by atoms with Gasteiger partial charge in [0.2, 0.25) is 5.91 Å². The van der Waals surface area contributed by atoms with Gasteiger partial charge in [-0.3, -0.25) is 4.79 Å². The van der Waals surface area contributed by atoms with Crippen LogP contribution in [0.25, 0.3) is 0 Å². The van der Waals surface area contributed by atoms with Crippen LogP contribution < -0.4 is 11.1 Å². The van der Waals surface area contributed by atoms with Crippen molar-refractivity contribution < 1.29 is 4.79 Å². The number of carbonyl (C=O) groups is 1. The molecule has 1 saturated carbocycles. The molecule has 0 spiro atoms. The number of carbonyl (C=O) groups excluding carboxylic acids is 1. The second-order valence-electron chi connectivity index (χ2n) is 5.31. The molecule has 1 aliphatic rings. The van der Waals surface area contributed by atoms with Crippen molar-refractivity contribution in [2.45, 2.75) is 64.0 Å². The molecule has 1 unspecified atom stereocenters. The van der Waals surface area contributed by atoms with E-state index < -0.39 is 0 Å². The topological polar surface area (TPSA) is 55.1 Å². The lowest BCUT2D eigenvalue weighted by molar-refractivity contribution is -0.123. The fourth-order valence-electron chi connectivity index (χ4n) is 2.76. The highest BCUT2D eigenvalue weighted by Gasteiger charge is 2.25. The molecule has 18 heavy (non-hydrogen) atoms. The molecule has 0 aliphatic heterocycles. The van der Waals surface area contributed by atoms with Gasteiger partial charge >= 0.3 is 0 Å². The summed E-state index contributed by atoms with van der Waals surface area (Å²) in [6.07, 6.45) is 10.3. The minimum absolute atomic E-state index is 0.0430. The Balaban J connectivity index is 2.38. The number of nitrogens with one attached hydrogen (secondary N) is 1. The van der Waals surface area contributed by atoms with Crippen LogP contribution in [-0.2, 0) is 4.79 Å². The summed E-state index contributed by atoms with van der Waals surface area (Å²) in [4.78, 5) is 12.0. The van der Waals surface area contributed by atoms with Gasteiger partial charge in [-0.05, 0) is 43.6 Å². The number of hydrogen-bond acceptors (Lipinski definition) is 3. The molecule has 4 heteroatoms. The number of thioether (sulfide) groups is 1. The SMILES string of the molecule is CCC(NC(=O)[C@@H](N)CCSC)C1CCCCC1. The lowest BCUT2D eigenvalue weighted by atomic mass is 9.83. The molecule has 0 heterocycles. The maximum atomic E-state index is 12.0. The Labute approximate surface area is 116 Å². The van der Waals surface area contributed by atoms with E-state index in [1.807, 2.05) is 6.26 Å². The van der Waals surface area contributed by atoms with E-state index >= 15 is 0 Å². The van der Waals surface area contributed by atoms with Gasteiger partial charge in [0.05, 0.1) is 6.04 Å². The highest BCUT2D eigenvalue weighted by molar-refractivity contribution is 7.98. The molecule has 0 aromatic carbocycles. The first-order chi connectivity index (χ1) is 8.69. The summed E-state index contributed by atoms with van der Waals surface area (Å²) < 4.78 is 0. The van der Waals surface area contributed by atoms with E-state index in [0.717, 1.165) is 18.6 Å². The van der Waals surface area contributed by atoms with Crippen LogP contribution in [0.4, 0.5) is 0 Å². The standard InChI is InChI=1S/C14H28N2OS/c1-3-13(11-7-5-4-6-8-11)16-14(17)12(15)9-10-18-2/h11-13H,3-10,15H2,1-2H3,(H,16,17)/t12-,13?/m0/s1. The molecule has 1 amide bonds. The Morgan fingerprint density at radius 1 is 1.39 bits per heavy atom. The van der Waals surface area contributed by atoms with Crippen LogP contribution in [-0.4, -0.2) is 30.0 Å². The Kier molecular flexibility index (Phi) is 7.75. The third kappa shape index (κ3) is 5.19. The molecule has 0 radical (unpaired) electrons. The van der Waals surface area contributed by atoms with Crippen LogP contribution in [0.1, 0.15) is 51.9 Å². The molecule has 3 nitrogen and oxygen atoms in total. The van der Waals surface area contributed by atoms with Crippen molar-refractivity contribution in [1.82, 2.24) is 5.32 Å². The Bertz CT molecular complexity index is 242. The van der Waals surface area contributed by atoms with Gasteiger partial charge in [-0.1, -0.05) is 26.2 Å². The summed E-state index contributed by atoms with van der Waals surface area (Å²) in [6.45, 7) is 2.16. The second kappa shape index (κ2) is 8.81. The van der Waals surface area contributed by atoms with E-state index in [1.165, 1.54) is 32.1 Å². The Hall–Kier alpha value is -0.220. The van der Waals surface area contributed by atoms with Crippen LogP contribution >= 0.6 is 11.8 Å². The molecule has 0 saturated heterocycles. The molecule has 1 fully saturated rings. The molecular weight excluding hydrogens is 244 g/mol. The largest absolute Gasteiger partial charge is 0.352 e. The Morgan fingerprint density at radius 2 is 2.06 bits per heavy atom. The lowest BCUT2D eigenvalue weighted by Gasteiger charge is -2.31. The van der Waals surface area contributed by atoms with Crippen LogP contribution in [0.15, 0.2) is 0 Å². The van der Waals surface area contributed by atoms with Crippen molar-refractivity contribution in [3.63, 3.8) is 0 Å². The molecule has 3 N–H and O–H groups in total. The van der Waals surface area contributed by atoms with E-state index in [4.69, 9.17) is 5.73 Å². The van der Waals surface area contributed by atoms with Crippen LogP contribution in [0.2, 0.25) is 0 Å². The van der Waals surface area contributed by atoms with Crippen LogP contribution in [0, 0.1) is 5.92 Å². The normalized spacial score (nSPS) is 20.4. The van der Waals surface area contributed by atoms with E-state index in [2.05, 4.69) is 12.2 Å². The summed E-state index contributed by atoms with van der Waals surface area (Å²) in [5.41, 5.74) is 5.91. The molecule has 106 valence electrons. The summed E-state index contributed by atoms with van der Waals surface area (Å²) in [5, 5.41) is 3.17. The fraction of sp³-hybridized carbons (Fsp3) is 0.929. The summed E-state index contributed by atoms with van der Waals surface area (Å²) >= 11 is 1.74. The van der Waals surface area contributed by atoms with Gasteiger partial charge in [-0.2, -0.15) is 11.8 Å². The predicted octanol–water partition coefficient (Wildman–Crippen LogP) is 2.54. The summed E-state index contributed by atoms with van der Waals surface area (Å²) in [7, 11) is 0. The highest BCUT2D eigenvalue weighted by atomic mass is 32.2. The predicted molar refractivity (Wildman–Crippen MR) is 79.8 cm³/mol. The first-order valence-corrected chi connectivity index (χ1v) is 8.63. The first kappa shape index (κ1) is 15.8. The van der Waals surface area contributed by atoms with E-state index in [0.29, 0.717) is 12.0 Å². The maximum absolute atomic E-state index is 12.0. The zero-order chi connectivity index (χ0) is 13.4. The number of amides is 1. The zero-order valence-electron chi connectivity index (χ0n) is 11.8. The summed E-state index contributed by atoms with van der Waals surface area (Å²) in [6, 6.07) is -0.00628. The fourth-order valence-corrected chi connectivity index (χ4v) is 3.25. The van der Waals surface area contributed by atoms with Crippen molar-refractivity contribution in [2.75, 3.05) is 12.0 Å². The minimum atomic E-state index is -0.338. The molecule has 0 bridgehead atoms. The Morgan fingerprint density at radius 3 is 2.61 bits per heavy atom. The van der Waals surface area contributed by atoms with Gasteiger partial charge < -0.3 is 11.1 Å². The van der Waals surface area contributed by atoms with Crippen molar-refractivity contribution in [3.05, 3.63) is 0 Å². The minimum Gasteiger partial charge on any atom is -0.352 e. The van der Waals surface area contributed by atoms with Gasteiger partial charge in [0.1, 0.15) is 0 Å². The first-order valence-electron chi connectivity index (χ1n) is 7.24. The quantitative estimate of drug-likeness (QED) is 0.749. The van der Waals surface area contributed by atoms with Crippen molar-refractivity contribution in [1.29, 1.82) is 0 Å². The average molecular weight is 272 g/mol. The van der Waals surface area contributed by atoms with Crippen molar-refractivity contribution in [3.8, 4) is 0 Å². The number of nitrogens with two attached hydrogens (primary N) is 1. The van der Waals surface area contributed by atoms with Crippen LogP contribution in [0.5, 0.6) is 0 Å².